The number of carboxylic acid groups (broad SMARTS) is 1. The fourth-order valence-corrected chi connectivity index (χ4v) is 4.55. The Morgan fingerprint density at radius 1 is 1.26 bits per heavy atom. The number of carbonyl (C=O) groups excluding carboxylic acids is 1. The van der Waals surface area contributed by atoms with E-state index in [1.807, 2.05) is 0 Å². The minimum Gasteiger partial charge on any atom is -0.480 e. The molecule has 2 aliphatic rings. The standard InChI is InChI=1S/C10H16N2O5S2/c1-7-12(8(6-18-7)9(13)14)10(15)11-2-4-19(16,17)5-3-11/h7-8H,2-6H2,1H3,(H,13,14). The molecule has 2 fully saturated rings. The quantitative estimate of drug-likeness (QED) is 0.713. The van der Waals surface area contributed by atoms with Gasteiger partial charge in [-0.25, -0.2) is 18.0 Å². The molecule has 2 atom stereocenters. The summed E-state index contributed by atoms with van der Waals surface area (Å²) < 4.78 is 22.7. The summed E-state index contributed by atoms with van der Waals surface area (Å²) in [5.41, 5.74) is 0. The average molecular weight is 308 g/mol. The lowest BCUT2D eigenvalue weighted by Crippen LogP contribution is -2.54. The molecule has 2 aliphatic heterocycles. The Labute approximate surface area is 115 Å². The number of hydrogen-bond acceptors (Lipinski definition) is 5. The van der Waals surface area contributed by atoms with Crippen LogP contribution in [0.1, 0.15) is 6.92 Å². The monoisotopic (exact) mass is 308 g/mol. The zero-order valence-electron chi connectivity index (χ0n) is 10.5. The lowest BCUT2D eigenvalue weighted by molar-refractivity contribution is -0.141. The van der Waals surface area contributed by atoms with E-state index in [0.29, 0.717) is 5.75 Å². The molecule has 9 heteroatoms. The van der Waals surface area contributed by atoms with Crippen molar-refractivity contribution in [2.24, 2.45) is 0 Å². The number of sulfone groups is 1. The summed E-state index contributed by atoms with van der Waals surface area (Å²) in [6.45, 7) is 2.06. The van der Waals surface area contributed by atoms with Crippen LogP contribution in [0.4, 0.5) is 4.79 Å². The maximum Gasteiger partial charge on any atom is 0.327 e. The first-order valence-electron chi connectivity index (χ1n) is 5.94. The van der Waals surface area contributed by atoms with Gasteiger partial charge in [-0.1, -0.05) is 0 Å². The Bertz CT molecular complexity index is 478. The Morgan fingerprint density at radius 3 is 2.37 bits per heavy atom. The van der Waals surface area contributed by atoms with E-state index in [2.05, 4.69) is 0 Å². The molecule has 0 aromatic rings. The van der Waals surface area contributed by atoms with Crippen LogP contribution in [-0.2, 0) is 14.6 Å². The van der Waals surface area contributed by atoms with Crippen molar-refractivity contribution < 1.29 is 23.1 Å². The van der Waals surface area contributed by atoms with Crippen LogP contribution in [0.25, 0.3) is 0 Å². The van der Waals surface area contributed by atoms with Crippen molar-refractivity contribution in [1.29, 1.82) is 0 Å². The van der Waals surface area contributed by atoms with Crippen molar-refractivity contribution in [3.05, 3.63) is 0 Å². The van der Waals surface area contributed by atoms with E-state index in [9.17, 15) is 18.0 Å². The van der Waals surface area contributed by atoms with Crippen LogP contribution in [-0.4, -0.2) is 77.1 Å². The zero-order chi connectivity index (χ0) is 14.2. The Kier molecular flexibility index (Phi) is 3.95. The molecule has 2 amide bonds. The lowest BCUT2D eigenvalue weighted by Gasteiger charge is -2.34. The predicted octanol–water partition coefficient (Wildman–Crippen LogP) is -0.315. The van der Waals surface area contributed by atoms with Crippen LogP contribution in [0.3, 0.4) is 0 Å². The fourth-order valence-electron chi connectivity index (χ4n) is 2.19. The van der Waals surface area contributed by atoms with E-state index >= 15 is 0 Å². The molecular formula is C10H16N2O5S2. The summed E-state index contributed by atoms with van der Waals surface area (Å²) in [4.78, 5) is 26.2. The highest BCUT2D eigenvalue weighted by atomic mass is 32.2. The van der Waals surface area contributed by atoms with Crippen LogP contribution in [0.15, 0.2) is 0 Å². The highest BCUT2D eigenvalue weighted by Gasteiger charge is 2.42. The molecule has 2 unspecified atom stereocenters. The second-order valence-electron chi connectivity index (χ2n) is 4.62. The molecule has 0 aliphatic carbocycles. The van der Waals surface area contributed by atoms with Crippen LogP contribution in [0.2, 0.25) is 0 Å². The van der Waals surface area contributed by atoms with E-state index in [1.54, 1.807) is 6.92 Å². The highest BCUT2D eigenvalue weighted by molar-refractivity contribution is 8.00. The van der Waals surface area contributed by atoms with Crippen molar-refractivity contribution in [3.63, 3.8) is 0 Å². The van der Waals surface area contributed by atoms with E-state index in [4.69, 9.17) is 5.11 Å². The Morgan fingerprint density at radius 2 is 1.84 bits per heavy atom. The van der Waals surface area contributed by atoms with Gasteiger partial charge in [0.1, 0.15) is 6.04 Å². The topological polar surface area (TPSA) is 95.0 Å². The van der Waals surface area contributed by atoms with Gasteiger partial charge in [0.2, 0.25) is 0 Å². The third kappa shape index (κ3) is 2.97. The van der Waals surface area contributed by atoms with Crippen LogP contribution < -0.4 is 0 Å². The van der Waals surface area contributed by atoms with Gasteiger partial charge in [-0.3, -0.25) is 4.90 Å². The summed E-state index contributed by atoms with van der Waals surface area (Å²) in [6.07, 6.45) is 0. The summed E-state index contributed by atoms with van der Waals surface area (Å²) >= 11 is 1.41. The minimum atomic E-state index is -3.05. The van der Waals surface area contributed by atoms with Crippen molar-refractivity contribution in [2.45, 2.75) is 18.3 Å². The zero-order valence-corrected chi connectivity index (χ0v) is 12.1. The van der Waals surface area contributed by atoms with Crippen molar-refractivity contribution in [2.75, 3.05) is 30.3 Å². The van der Waals surface area contributed by atoms with Crippen molar-refractivity contribution >= 4 is 33.6 Å². The molecule has 1 N–H and O–H groups in total. The van der Waals surface area contributed by atoms with E-state index in [-0.39, 0.29) is 36.0 Å². The molecular weight excluding hydrogens is 292 g/mol. The summed E-state index contributed by atoms with van der Waals surface area (Å²) in [6, 6.07) is -1.20. The molecule has 19 heavy (non-hydrogen) atoms. The number of aliphatic carboxylic acids is 1. The number of amides is 2. The highest BCUT2D eigenvalue weighted by Crippen LogP contribution is 2.30. The molecule has 0 aromatic heterocycles. The predicted molar refractivity (Wildman–Crippen MR) is 70.8 cm³/mol. The normalized spacial score (nSPS) is 30.4. The molecule has 0 radical (unpaired) electrons. The van der Waals surface area contributed by atoms with E-state index in [1.165, 1.54) is 21.6 Å². The Balaban J connectivity index is 2.08. The molecule has 2 saturated heterocycles. The molecule has 0 bridgehead atoms. The van der Waals surface area contributed by atoms with Gasteiger partial charge in [0.15, 0.2) is 9.84 Å². The van der Waals surface area contributed by atoms with Gasteiger partial charge < -0.3 is 10.0 Å². The van der Waals surface area contributed by atoms with Gasteiger partial charge in [0.25, 0.3) is 0 Å². The van der Waals surface area contributed by atoms with Gasteiger partial charge in [-0.2, -0.15) is 0 Å². The third-order valence-corrected chi connectivity index (χ3v) is 6.17. The second-order valence-corrected chi connectivity index (χ2v) is 8.27. The van der Waals surface area contributed by atoms with Crippen molar-refractivity contribution in [3.8, 4) is 0 Å². The lowest BCUT2D eigenvalue weighted by atomic mass is 10.3. The van der Waals surface area contributed by atoms with E-state index in [0.717, 1.165) is 0 Å². The van der Waals surface area contributed by atoms with Gasteiger partial charge in [0.05, 0.1) is 16.9 Å². The van der Waals surface area contributed by atoms with E-state index < -0.39 is 21.8 Å². The van der Waals surface area contributed by atoms with Crippen LogP contribution >= 0.6 is 11.8 Å². The average Bonchev–Trinajstić information content (AvgIpc) is 2.70. The molecule has 0 aromatic carbocycles. The maximum atomic E-state index is 12.3. The number of hydrogen-bond donors (Lipinski definition) is 1. The van der Waals surface area contributed by atoms with Gasteiger partial charge in [0, 0.05) is 18.8 Å². The fraction of sp³-hybridized carbons (Fsp3) is 0.800. The maximum absolute atomic E-state index is 12.3. The molecule has 0 saturated carbocycles. The largest absolute Gasteiger partial charge is 0.480 e. The summed E-state index contributed by atoms with van der Waals surface area (Å²) in [7, 11) is -3.05. The summed E-state index contributed by atoms with van der Waals surface area (Å²) in [5, 5.41) is 8.91. The number of rotatable bonds is 1. The summed E-state index contributed by atoms with van der Waals surface area (Å²) in [5.74, 6) is -0.749. The van der Waals surface area contributed by atoms with Crippen molar-refractivity contribution in [1.82, 2.24) is 9.80 Å². The van der Waals surface area contributed by atoms with Crippen LogP contribution in [0, 0.1) is 0 Å². The SMILES string of the molecule is CC1SCC(C(=O)O)N1C(=O)N1CCS(=O)(=O)CC1. The molecule has 108 valence electrons. The molecule has 2 rings (SSSR count). The first-order valence-corrected chi connectivity index (χ1v) is 8.81. The number of carbonyl (C=O) groups is 2. The first-order chi connectivity index (χ1) is 8.82. The smallest absolute Gasteiger partial charge is 0.327 e. The molecule has 2 heterocycles. The van der Waals surface area contributed by atoms with Crippen LogP contribution in [0.5, 0.6) is 0 Å². The number of thioether (sulfide) groups is 1. The van der Waals surface area contributed by atoms with Gasteiger partial charge in [-0.05, 0) is 6.92 Å². The first kappa shape index (κ1) is 14.4. The number of carboxylic acids is 1. The molecule has 7 nitrogen and oxygen atoms in total. The minimum absolute atomic E-state index is 0.0498. The van der Waals surface area contributed by atoms with Gasteiger partial charge in [-0.15, -0.1) is 11.8 Å². The third-order valence-electron chi connectivity index (χ3n) is 3.34. The molecule has 0 spiro atoms. The number of urea groups is 1. The van der Waals surface area contributed by atoms with Gasteiger partial charge >= 0.3 is 12.0 Å². The Hall–Kier alpha value is -0.960. The number of nitrogens with zero attached hydrogens (tertiary/aromatic N) is 2. The second kappa shape index (κ2) is 5.20.